The summed E-state index contributed by atoms with van der Waals surface area (Å²) in [7, 11) is -0.699. The molecule has 0 radical (unpaired) electrons. The zero-order valence-electron chi connectivity index (χ0n) is 12.6. The lowest BCUT2D eigenvalue weighted by atomic mass is 10.1. The molecule has 0 saturated carbocycles. The normalized spacial score (nSPS) is 19.0. The number of hydrogen-bond acceptors (Lipinski definition) is 2. The summed E-state index contributed by atoms with van der Waals surface area (Å²) in [4.78, 5) is 4.53. The number of aromatic nitrogens is 1. The van der Waals surface area contributed by atoms with E-state index in [1.165, 1.54) is 16.8 Å². The van der Waals surface area contributed by atoms with Crippen LogP contribution in [0.4, 0.5) is 0 Å². The van der Waals surface area contributed by atoms with Crippen molar-refractivity contribution in [1.82, 2.24) is 4.98 Å². The third-order valence-electron chi connectivity index (χ3n) is 4.59. The molecule has 0 saturated heterocycles. The standard InChI is InChI=1S/C15H24BrNOSi/c1-10-11(16)8-17-12-6-7-13(14(10)12)18-9-15(2,3)19(4)5/h8,13,19H,6-7,9H2,1-5H3. The largest absolute Gasteiger partial charge is 0.373 e. The van der Waals surface area contributed by atoms with Gasteiger partial charge in [0, 0.05) is 37.3 Å². The highest BCUT2D eigenvalue weighted by Gasteiger charge is 2.30. The Morgan fingerprint density at radius 3 is 2.79 bits per heavy atom. The van der Waals surface area contributed by atoms with Gasteiger partial charge in [-0.05, 0) is 46.3 Å². The Balaban J connectivity index is 2.13. The van der Waals surface area contributed by atoms with Crippen LogP contribution in [0, 0.1) is 6.92 Å². The lowest BCUT2D eigenvalue weighted by Gasteiger charge is -2.30. The quantitative estimate of drug-likeness (QED) is 0.756. The molecular weight excluding hydrogens is 318 g/mol. The van der Waals surface area contributed by atoms with E-state index in [0.29, 0.717) is 5.04 Å². The van der Waals surface area contributed by atoms with Gasteiger partial charge in [-0.25, -0.2) is 0 Å². The highest BCUT2D eigenvalue weighted by atomic mass is 79.9. The van der Waals surface area contributed by atoms with E-state index < -0.39 is 8.80 Å². The topological polar surface area (TPSA) is 22.1 Å². The van der Waals surface area contributed by atoms with Gasteiger partial charge in [0.15, 0.2) is 0 Å². The molecule has 1 aromatic rings. The van der Waals surface area contributed by atoms with Gasteiger partial charge in [-0.2, -0.15) is 0 Å². The molecule has 1 aliphatic carbocycles. The van der Waals surface area contributed by atoms with E-state index in [2.05, 4.69) is 54.8 Å². The van der Waals surface area contributed by atoms with Gasteiger partial charge in [-0.15, -0.1) is 0 Å². The predicted molar refractivity (Wildman–Crippen MR) is 86.6 cm³/mol. The molecule has 4 heteroatoms. The number of pyridine rings is 1. The lowest BCUT2D eigenvalue weighted by Crippen LogP contribution is -2.27. The van der Waals surface area contributed by atoms with Crippen LogP contribution in [-0.4, -0.2) is 20.4 Å². The molecule has 106 valence electrons. The van der Waals surface area contributed by atoms with Crippen molar-refractivity contribution in [3.63, 3.8) is 0 Å². The van der Waals surface area contributed by atoms with Crippen LogP contribution in [-0.2, 0) is 11.2 Å². The second-order valence-corrected chi connectivity index (χ2v) is 11.3. The molecule has 2 rings (SSSR count). The Morgan fingerprint density at radius 1 is 1.47 bits per heavy atom. The molecule has 0 fully saturated rings. The van der Waals surface area contributed by atoms with Crippen molar-refractivity contribution < 1.29 is 4.74 Å². The molecule has 0 spiro atoms. The molecule has 1 atom stereocenters. The molecule has 1 heterocycles. The number of fused-ring (bicyclic) bond motifs is 1. The van der Waals surface area contributed by atoms with Gasteiger partial charge in [0.1, 0.15) is 0 Å². The molecular formula is C15H24BrNOSi. The van der Waals surface area contributed by atoms with Crippen LogP contribution in [0.1, 0.15) is 43.2 Å². The number of hydrogen-bond donors (Lipinski definition) is 0. The highest BCUT2D eigenvalue weighted by molar-refractivity contribution is 9.10. The average molecular weight is 342 g/mol. The van der Waals surface area contributed by atoms with Crippen molar-refractivity contribution in [2.45, 2.75) is 57.8 Å². The fourth-order valence-electron chi connectivity index (χ4n) is 2.33. The number of nitrogens with zero attached hydrogens (tertiary/aromatic N) is 1. The molecule has 0 amide bonds. The zero-order chi connectivity index (χ0) is 14.2. The monoisotopic (exact) mass is 341 g/mol. The molecule has 0 N–H and O–H groups in total. The van der Waals surface area contributed by atoms with E-state index in [4.69, 9.17) is 4.74 Å². The maximum absolute atomic E-state index is 6.27. The number of ether oxygens (including phenoxy) is 1. The van der Waals surface area contributed by atoms with E-state index in [0.717, 1.165) is 23.9 Å². The first-order chi connectivity index (χ1) is 8.83. The third-order valence-corrected chi connectivity index (χ3v) is 8.68. The lowest BCUT2D eigenvalue weighted by molar-refractivity contribution is 0.0387. The van der Waals surface area contributed by atoms with Crippen molar-refractivity contribution in [1.29, 1.82) is 0 Å². The molecule has 0 bridgehead atoms. The number of aryl methyl sites for hydroxylation is 1. The summed E-state index contributed by atoms with van der Waals surface area (Å²) in [6.45, 7) is 12.5. The molecule has 1 aromatic heterocycles. The summed E-state index contributed by atoms with van der Waals surface area (Å²) in [6, 6.07) is 0. The smallest absolute Gasteiger partial charge is 0.0849 e. The Morgan fingerprint density at radius 2 is 2.16 bits per heavy atom. The van der Waals surface area contributed by atoms with Gasteiger partial charge in [-0.3, -0.25) is 4.98 Å². The van der Waals surface area contributed by atoms with Crippen LogP contribution in [0.25, 0.3) is 0 Å². The second kappa shape index (κ2) is 5.66. The Hall–Kier alpha value is -0.193. The Kier molecular flexibility index (Phi) is 4.53. The minimum absolute atomic E-state index is 0.243. The molecule has 1 unspecified atom stereocenters. The van der Waals surface area contributed by atoms with E-state index in [9.17, 15) is 0 Å². The maximum atomic E-state index is 6.27. The van der Waals surface area contributed by atoms with Gasteiger partial charge in [0.2, 0.25) is 0 Å². The van der Waals surface area contributed by atoms with E-state index in [-0.39, 0.29) is 6.10 Å². The first-order valence-electron chi connectivity index (χ1n) is 7.08. The average Bonchev–Trinajstić information content (AvgIpc) is 2.75. The molecule has 2 nitrogen and oxygen atoms in total. The van der Waals surface area contributed by atoms with Crippen molar-refractivity contribution in [3.05, 3.63) is 27.5 Å². The molecule has 0 aliphatic heterocycles. The number of rotatable bonds is 4. The minimum Gasteiger partial charge on any atom is -0.373 e. The summed E-state index contributed by atoms with van der Waals surface area (Å²) < 4.78 is 7.36. The second-order valence-electron chi connectivity index (χ2n) is 6.57. The van der Waals surface area contributed by atoms with Crippen LogP contribution < -0.4 is 0 Å². The third kappa shape index (κ3) is 3.11. The maximum Gasteiger partial charge on any atom is 0.0849 e. The summed E-state index contributed by atoms with van der Waals surface area (Å²) in [5.74, 6) is 0. The fourth-order valence-corrected chi connectivity index (χ4v) is 3.08. The SMILES string of the molecule is Cc1c(Br)cnc2c1C(OCC(C)(C)[SiH](C)C)CC2. The van der Waals surface area contributed by atoms with E-state index in [1.54, 1.807) is 0 Å². The first kappa shape index (κ1) is 15.2. The summed E-state index contributed by atoms with van der Waals surface area (Å²) in [6.07, 6.45) is 4.29. The molecule has 19 heavy (non-hydrogen) atoms. The van der Waals surface area contributed by atoms with Crippen molar-refractivity contribution in [2.24, 2.45) is 0 Å². The zero-order valence-corrected chi connectivity index (χ0v) is 15.3. The van der Waals surface area contributed by atoms with Crippen molar-refractivity contribution in [3.8, 4) is 0 Å². The fraction of sp³-hybridized carbons (Fsp3) is 0.667. The van der Waals surface area contributed by atoms with Gasteiger partial charge >= 0.3 is 0 Å². The van der Waals surface area contributed by atoms with Crippen LogP contribution in [0.3, 0.4) is 0 Å². The molecule has 0 aromatic carbocycles. The van der Waals surface area contributed by atoms with Gasteiger partial charge in [0.25, 0.3) is 0 Å². The van der Waals surface area contributed by atoms with Crippen LogP contribution >= 0.6 is 15.9 Å². The van der Waals surface area contributed by atoms with Crippen LogP contribution in [0.2, 0.25) is 18.1 Å². The Labute approximate surface area is 126 Å². The minimum atomic E-state index is -0.699. The van der Waals surface area contributed by atoms with Gasteiger partial charge in [-0.1, -0.05) is 26.9 Å². The van der Waals surface area contributed by atoms with E-state index in [1.807, 2.05) is 6.20 Å². The van der Waals surface area contributed by atoms with Crippen molar-refractivity contribution in [2.75, 3.05) is 6.61 Å². The van der Waals surface area contributed by atoms with Crippen LogP contribution in [0.15, 0.2) is 10.7 Å². The Bertz CT molecular complexity index is 473. The number of halogens is 1. The van der Waals surface area contributed by atoms with Gasteiger partial charge in [0.05, 0.1) is 6.10 Å². The summed E-state index contributed by atoms with van der Waals surface area (Å²) in [5.41, 5.74) is 3.85. The predicted octanol–water partition coefficient (Wildman–Crippen LogP) is 4.42. The van der Waals surface area contributed by atoms with Gasteiger partial charge < -0.3 is 4.74 Å². The molecule has 1 aliphatic rings. The highest BCUT2D eigenvalue weighted by Crippen LogP contribution is 2.39. The summed E-state index contributed by atoms with van der Waals surface area (Å²) in [5, 5.41) is 0.357. The van der Waals surface area contributed by atoms with Crippen molar-refractivity contribution >= 4 is 24.7 Å². The van der Waals surface area contributed by atoms with E-state index >= 15 is 0 Å². The van der Waals surface area contributed by atoms with Crippen LogP contribution in [0.5, 0.6) is 0 Å². The first-order valence-corrected chi connectivity index (χ1v) is 10.8. The summed E-state index contributed by atoms with van der Waals surface area (Å²) >= 11 is 3.58.